The van der Waals surface area contributed by atoms with Crippen molar-refractivity contribution in [3.8, 4) is 0 Å². The second kappa shape index (κ2) is 9.50. The number of nitrogens with zero attached hydrogens (tertiary/aromatic N) is 2. The molecule has 2 amide bonds. The van der Waals surface area contributed by atoms with Gasteiger partial charge >= 0.3 is 0 Å². The standard InChI is InChI=1S/C21H22F2N4O4/c1-24-21(29)19(13-5-7-16(22)17(23)11-13)25-20(28)15-12-14(27(30)31)6-8-18(15)26-9-3-2-4-10-26/h5-8,11-12,19H,2-4,9-10H2,1H3,(H,24,29)(H,25,28). The molecule has 2 N–H and O–H groups in total. The Morgan fingerprint density at radius 1 is 1.06 bits per heavy atom. The van der Waals surface area contributed by atoms with Crippen molar-refractivity contribution in [1.29, 1.82) is 0 Å². The van der Waals surface area contributed by atoms with Crippen LogP contribution in [0.25, 0.3) is 0 Å². The zero-order valence-electron chi connectivity index (χ0n) is 16.9. The Morgan fingerprint density at radius 2 is 1.77 bits per heavy atom. The number of amides is 2. The van der Waals surface area contributed by atoms with Gasteiger partial charge in [-0.1, -0.05) is 6.07 Å². The average Bonchev–Trinajstić information content (AvgIpc) is 2.78. The van der Waals surface area contributed by atoms with E-state index < -0.39 is 34.4 Å². The number of benzene rings is 2. The van der Waals surface area contributed by atoms with E-state index in [0.29, 0.717) is 18.8 Å². The minimum atomic E-state index is -1.32. The number of carbonyl (C=O) groups is 2. The first kappa shape index (κ1) is 22.1. The quantitative estimate of drug-likeness (QED) is 0.539. The maximum absolute atomic E-state index is 13.7. The van der Waals surface area contributed by atoms with Crippen LogP contribution in [0.3, 0.4) is 0 Å². The molecule has 0 aliphatic carbocycles. The predicted molar refractivity (Wildman–Crippen MR) is 110 cm³/mol. The number of halogens is 2. The smallest absolute Gasteiger partial charge is 0.270 e. The predicted octanol–water partition coefficient (Wildman–Crippen LogP) is 3.08. The third-order valence-corrected chi connectivity index (χ3v) is 5.19. The van der Waals surface area contributed by atoms with Crippen LogP contribution in [-0.2, 0) is 4.79 Å². The molecule has 2 aromatic rings. The highest BCUT2D eigenvalue weighted by molar-refractivity contribution is 6.02. The molecule has 0 saturated carbocycles. The molecule has 1 aliphatic heterocycles. The second-order valence-electron chi connectivity index (χ2n) is 7.20. The van der Waals surface area contributed by atoms with Gasteiger partial charge in [-0.05, 0) is 43.0 Å². The Hall–Kier alpha value is -3.56. The van der Waals surface area contributed by atoms with Crippen molar-refractivity contribution in [3.63, 3.8) is 0 Å². The number of anilines is 1. The summed E-state index contributed by atoms with van der Waals surface area (Å²) >= 11 is 0. The Kier molecular flexibility index (Phi) is 6.78. The first-order chi connectivity index (χ1) is 14.8. The molecule has 1 fully saturated rings. The van der Waals surface area contributed by atoms with Crippen molar-refractivity contribution < 1.29 is 23.3 Å². The van der Waals surface area contributed by atoms with Crippen molar-refractivity contribution >= 4 is 23.2 Å². The van der Waals surface area contributed by atoms with E-state index in [1.807, 2.05) is 4.90 Å². The molecular formula is C21H22F2N4O4. The fourth-order valence-corrected chi connectivity index (χ4v) is 3.58. The van der Waals surface area contributed by atoms with Gasteiger partial charge in [0.2, 0.25) is 5.91 Å². The Morgan fingerprint density at radius 3 is 2.39 bits per heavy atom. The number of nitrogens with one attached hydrogen (secondary N) is 2. The maximum atomic E-state index is 13.7. The molecule has 0 spiro atoms. The lowest BCUT2D eigenvalue weighted by Crippen LogP contribution is -2.40. The number of piperidine rings is 1. The van der Waals surface area contributed by atoms with E-state index in [2.05, 4.69) is 10.6 Å². The molecule has 8 nitrogen and oxygen atoms in total. The summed E-state index contributed by atoms with van der Waals surface area (Å²) in [5.74, 6) is -3.63. The fourth-order valence-electron chi connectivity index (χ4n) is 3.58. The van der Waals surface area contributed by atoms with Crippen molar-refractivity contribution in [3.05, 3.63) is 69.3 Å². The van der Waals surface area contributed by atoms with Crippen molar-refractivity contribution in [2.45, 2.75) is 25.3 Å². The molecule has 164 valence electrons. The van der Waals surface area contributed by atoms with E-state index in [1.165, 1.54) is 25.2 Å². The van der Waals surface area contributed by atoms with Gasteiger partial charge in [-0.15, -0.1) is 0 Å². The van der Waals surface area contributed by atoms with Gasteiger partial charge in [-0.3, -0.25) is 19.7 Å². The van der Waals surface area contributed by atoms with Crippen LogP contribution in [0.5, 0.6) is 0 Å². The lowest BCUT2D eigenvalue weighted by molar-refractivity contribution is -0.384. The molecule has 0 bridgehead atoms. The van der Waals surface area contributed by atoms with E-state index >= 15 is 0 Å². The molecule has 0 aromatic heterocycles. The monoisotopic (exact) mass is 432 g/mol. The number of non-ortho nitro benzene ring substituents is 1. The van der Waals surface area contributed by atoms with Crippen LogP contribution >= 0.6 is 0 Å². The van der Waals surface area contributed by atoms with E-state index in [0.717, 1.165) is 37.5 Å². The zero-order chi connectivity index (χ0) is 22.5. The first-order valence-corrected chi connectivity index (χ1v) is 9.82. The highest BCUT2D eigenvalue weighted by atomic mass is 19.2. The minimum Gasteiger partial charge on any atom is -0.371 e. The largest absolute Gasteiger partial charge is 0.371 e. The van der Waals surface area contributed by atoms with Crippen molar-refractivity contribution in [2.75, 3.05) is 25.0 Å². The van der Waals surface area contributed by atoms with Gasteiger partial charge in [-0.25, -0.2) is 8.78 Å². The van der Waals surface area contributed by atoms with Gasteiger partial charge in [0, 0.05) is 32.3 Å². The lowest BCUT2D eigenvalue weighted by Gasteiger charge is -2.30. The summed E-state index contributed by atoms with van der Waals surface area (Å²) in [4.78, 5) is 38.1. The summed E-state index contributed by atoms with van der Waals surface area (Å²) in [7, 11) is 1.34. The number of likely N-dealkylation sites (N-methyl/N-ethyl adjacent to an activating group) is 1. The number of nitro benzene ring substituents is 1. The summed E-state index contributed by atoms with van der Waals surface area (Å²) in [5.41, 5.74) is 0.322. The third-order valence-electron chi connectivity index (χ3n) is 5.19. The van der Waals surface area contributed by atoms with Gasteiger partial charge in [0.1, 0.15) is 6.04 Å². The SMILES string of the molecule is CNC(=O)C(NC(=O)c1cc([N+](=O)[O-])ccc1N1CCCCC1)c1ccc(F)c(F)c1. The van der Waals surface area contributed by atoms with Crippen LogP contribution < -0.4 is 15.5 Å². The van der Waals surface area contributed by atoms with Crippen LogP contribution in [0, 0.1) is 21.7 Å². The third kappa shape index (κ3) is 4.96. The van der Waals surface area contributed by atoms with Crippen LogP contribution in [0.15, 0.2) is 36.4 Å². The number of nitro groups is 1. The molecule has 1 saturated heterocycles. The molecule has 1 unspecified atom stereocenters. The average molecular weight is 432 g/mol. The van der Waals surface area contributed by atoms with E-state index in [1.54, 1.807) is 0 Å². The molecule has 1 aliphatic rings. The Balaban J connectivity index is 1.98. The maximum Gasteiger partial charge on any atom is 0.270 e. The second-order valence-corrected chi connectivity index (χ2v) is 7.20. The molecule has 2 aromatic carbocycles. The normalized spacial score (nSPS) is 14.6. The van der Waals surface area contributed by atoms with Gasteiger partial charge in [-0.2, -0.15) is 0 Å². The number of carbonyl (C=O) groups excluding carboxylic acids is 2. The summed E-state index contributed by atoms with van der Waals surface area (Å²) in [5, 5.41) is 16.1. The summed E-state index contributed by atoms with van der Waals surface area (Å²) < 4.78 is 27.0. The van der Waals surface area contributed by atoms with E-state index in [9.17, 15) is 28.5 Å². The summed E-state index contributed by atoms with van der Waals surface area (Å²) in [6, 6.07) is 5.56. The van der Waals surface area contributed by atoms with E-state index in [-0.39, 0.29) is 16.8 Å². The number of rotatable bonds is 6. The van der Waals surface area contributed by atoms with Gasteiger partial charge in [0.05, 0.1) is 16.2 Å². The highest BCUT2D eigenvalue weighted by Crippen LogP contribution is 2.29. The highest BCUT2D eigenvalue weighted by Gasteiger charge is 2.27. The lowest BCUT2D eigenvalue weighted by atomic mass is 10.0. The van der Waals surface area contributed by atoms with Crippen molar-refractivity contribution in [2.24, 2.45) is 0 Å². The van der Waals surface area contributed by atoms with Crippen LogP contribution in [0.1, 0.15) is 41.2 Å². The molecule has 1 heterocycles. The van der Waals surface area contributed by atoms with Crippen LogP contribution in [-0.4, -0.2) is 36.9 Å². The van der Waals surface area contributed by atoms with Gasteiger partial charge < -0.3 is 15.5 Å². The molecule has 1 atom stereocenters. The first-order valence-electron chi connectivity index (χ1n) is 9.82. The van der Waals surface area contributed by atoms with Crippen LogP contribution in [0.2, 0.25) is 0 Å². The molecule has 0 radical (unpaired) electrons. The number of hydrogen-bond donors (Lipinski definition) is 2. The molecular weight excluding hydrogens is 410 g/mol. The fraction of sp³-hybridized carbons (Fsp3) is 0.333. The zero-order valence-corrected chi connectivity index (χ0v) is 16.9. The van der Waals surface area contributed by atoms with Gasteiger partial charge in [0.15, 0.2) is 11.6 Å². The van der Waals surface area contributed by atoms with E-state index in [4.69, 9.17) is 0 Å². The summed E-state index contributed by atoms with van der Waals surface area (Å²) in [6.45, 7) is 1.39. The van der Waals surface area contributed by atoms with Crippen molar-refractivity contribution in [1.82, 2.24) is 10.6 Å². The topological polar surface area (TPSA) is 105 Å². The minimum absolute atomic E-state index is 0.0348. The molecule has 10 heteroatoms. The Labute approximate surface area is 177 Å². The summed E-state index contributed by atoms with van der Waals surface area (Å²) in [6.07, 6.45) is 2.90. The molecule has 3 rings (SSSR count). The van der Waals surface area contributed by atoms with Crippen LogP contribution in [0.4, 0.5) is 20.2 Å². The Bertz CT molecular complexity index is 1010. The van der Waals surface area contributed by atoms with Gasteiger partial charge in [0.25, 0.3) is 11.6 Å². The molecule has 31 heavy (non-hydrogen) atoms. The number of hydrogen-bond acceptors (Lipinski definition) is 5.